The van der Waals surface area contributed by atoms with E-state index in [2.05, 4.69) is 15.7 Å². The summed E-state index contributed by atoms with van der Waals surface area (Å²) in [5.74, 6) is 0.0570. The number of ether oxygens (including phenoxy) is 1. The molecule has 4 rings (SSSR count). The Morgan fingerprint density at radius 2 is 1.61 bits per heavy atom. The molecule has 1 aromatic heterocycles. The highest BCUT2D eigenvalue weighted by atomic mass is 16.5. The van der Waals surface area contributed by atoms with Crippen molar-refractivity contribution in [3.8, 4) is 5.75 Å². The zero-order valence-corrected chi connectivity index (χ0v) is 19.8. The number of aromatic nitrogens is 2. The zero-order valence-electron chi connectivity index (χ0n) is 19.8. The van der Waals surface area contributed by atoms with Gasteiger partial charge in [0.1, 0.15) is 18.1 Å². The molecule has 0 spiro atoms. The summed E-state index contributed by atoms with van der Waals surface area (Å²) in [5, 5.41) is 9.96. The molecule has 0 aliphatic rings. The number of carbonyl (C=O) groups excluding carboxylic acids is 2. The van der Waals surface area contributed by atoms with Gasteiger partial charge in [-0.15, -0.1) is 0 Å². The largest absolute Gasteiger partial charge is 0.492 e. The first-order valence-electron chi connectivity index (χ1n) is 11.5. The molecule has 8 nitrogen and oxygen atoms in total. The van der Waals surface area contributed by atoms with Crippen LogP contribution in [0.3, 0.4) is 0 Å². The van der Waals surface area contributed by atoms with Crippen LogP contribution in [0.2, 0.25) is 0 Å². The molecule has 36 heavy (non-hydrogen) atoms. The summed E-state index contributed by atoms with van der Waals surface area (Å²) in [4.78, 5) is 37.5. The number of hydrogen-bond donors (Lipinski definition) is 2. The lowest BCUT2D eigenvalue weighted by Gasteiger charge is -2.16. The number of nitrogens with one attached hydrogen (secondary N) is 2. The van der Waals surface area contributed by atoms with Gasteiger partial charge < -0.3 is 15.4 Å². The second-order valence-electron chi connectivity index (χ2n) is 8.08. The third-order valence-corrected chi connectivity index (χ3v) is 5.44. The third-order valence-electron chi connectivity index (χ3n) is 5.44. The highest BCUT2D eigenvalue weighted by Gasteiger charge is 2.15. The van der Waals surface area contributed by atoms with Crippen molar-refractivity contribution >= 4 is 17.5 Å². The Labute approximate surface area is 208 Å². The molecule has 0 aliphatic heterocycles. The van der Waals surface area contributed by atoms with Gasteiger partial charge in [0, 0.05) is 17.3 Å². The summed E-state index contributed by atoms with van der Waals surface area (Å²) in [7, 11) is 0. The van der Waals surface area contributed by atoms with Crippen molar-refractivity contribution < 1.29 is 14.3 Å². The Balaban J connectivity index is 1.38. The molecule has 0 bridgehead atoms. The lowest BCUT2D eigenvalue weighted by Crippen LogP contribution is -2.32. The van der Waals surface area contributed by atoms with E-state index in [0.717, 1.165) is 5.56 Å². The van der Waals surface area contributed by atoms with Crippen molar-refractivity contribution in [3.05, 3.63) is 124 Å². The van der Waals surface area contributed by atoms with E-state index in [1.165, 1.54) is 16.8 Å². The minimum absolute atomic E-state index is 0.120. The second-order valence-corrected chi connectivity index (χ2v) is 8.08. The second kappa shape index (κ2) is 11.6. The highest BCUT2D eigenvalue weighted by molar-refractivity contribution is 6.04. The maximum atomic E-state index is 12.8. The maximum absolute atomic E-state index is 12.8. The fraction of sp³-hybridized carbons (Fsp3) is 0.143. The summed E-state index contributed by atoms with van der Waals surface area (Å²) < 4.78 is 6.83. The highest BCUT2D eigenvalue weighted by Crippen LogP contribution is 2.18. The molecule has 1 heterocycles. The Morgan fingerprint density at radius 3 is 2.36 bits per heavy atom. The number of rotatable bonds is 9. The first kappa shape index (κ1) is 24.4. The summed E-state index contributed by atoms with van der Waals surface area (Å²) in [6, 6.07) is 27.8. The Hall–Kier alpha value is -4.72. The van der Waals surface area contributed by atoms with Gasteiger partial charge >= 0.3 is 0 Å². The molecule has 0 radical (unpaired) electrons. The van der Waals surface area contributed by atoms with E-state index in [4.69, 9.17) is 4.74 Å². The van der Waals surface area contributed by atoms with E-state index < -0.39 is 5.91 Å². The molecule has 0 saturated carbocycles. The quantitative estimate of drug-likeness (QED) is 0.375. The Kier molecular flexibility index (Phi) is 7.87. The fourth-order valence-electron chi connectivity index (χ4n) is 3.53. The van der Waals surface area contributed by atoms with Crippen molar-refractivity contribution in [2.75, 3.05) is 11.9 Å². The molecule has 2 amide bonds. The van der Waals surface area contributed by atoms with Crippen LogP contribution in [0.1, 0.15) is 39.4 Å². The van der Waals surface area contributed by atoms with Gasteiger partial charge in [-0.05, 0) is 55.0 Å². The van der Waals surface area contributed by atoms with Gasteiger partial charge in [-0.2, -0.15) is 5.10 Å². The van der Waals surface area contributed by atoms with Gasteiger partial charge in [-0.3, -0.25) is 14.4 Å². The van der Waals surface area contributed by atoms with Crippen molar-refractivity contribution in [2.45, 2.75) is 19.5 Å². The zero-order chi connectivity index (χ0) is 25.3. The van der Waals surface area contributed by atoms with Crippen molar-refractivity contribution in [3.63, 3.8) is 0 Å². The number of para-hydroxylation sites is 1. The van der Waals surface area contributed by atoms with E-state index >= 15 is 0 Å². The monoisotopic (exact) mass is 482 g/mol. The van der Waals surface area contributed by atoms with Crippen LogP contribution in [0.5, 0.6) is 5.75 Å². The molecule has 1 atom stereocenters. The van der Waals surface area contributed by atoms with Crippen molar-refractivity contribution in [1.82, 2.24) is 15.1 Å². The predicted octanol–water partition coefficient (Wildman–Crippen LogP) is 4.07. The minimum Gasteiger partial charge on any atom is -0.492 e. The molecule has 182 valence electrons. The van der Waals surface area contributed by atoms with Crippen LogP contribution in [-0.4, -0.2) is 28.2 Å². The normalized spacial score (nSPS) is 11.4. The van der Waals surface area contributed by atoms with Gasteiger partial charge in [0.2, 0.25) is 0 Å². The third kappa shape index (κ3) is 6.44. The summed E-state index contributed by atoms with van der Waals surface area (Å²) in [6.07, 6.45) is 0. The van der Waals surface area contributed by atoms with Crippen LogP contribution in [0, 0.1) is 0 Å². The van der Waals surface area contributed by atoms with Crippen LogP contribution < -0.4 is 20.9 Å². The molecule has 8 heteroatoms. The number of amides is 2. The number of anilines is 1. The van der Waals surface area contributed by atoms with E-state index in [1.807, 2.05) is 55.5 Å². The number of hydrogen-bond acceptors (Lipinski definition) is 5. The van der Waals surface area contributed by atoms with E-state index in [9.17, 15) is 14.4 Å². The number of nitrogens with zero attached hydrogens (tertiary/aromatic N) is 2. The van der Waals surface area contributed by atoms with Gasteiger partial charge in [0.25, 0.3) is 17.4 Å². The molecule has 0 saturated heterocycles. The van der Waals surface area contributed by atoms with E-state index in [-0.39, 0.29) is 36.4 Å². The molecule has 0 aliphatic carbocycles. The first-order valence-corrected chi connectivity index (χ1v) is 11.5. The van der Waals surface area contributed by atoms with Crippen LogP contribution in [-0.2, 0) is 6.54 Å². The molecule has 4 aromatic rings. The predicted molar refractivity (Wildman–Crippen MR) is 137 cm³/mol. The molecule has 3 aromatic carbocycles. The molecular formula is C28H26N4O4. The molecule has 1 unspecified atom stereocenters. The van der Waals surface area contributed by atoms with Gasteiger partial charge in [0.15, 0.2) is 0 Å². The van der Waals surface area contributed by atoms with Gasteiger partial charge in [-0.25, -0.2) is 4.68 Å². The molecular weight excluding hydrogens is 456 g/mol. The fourth-order valence-corrected chi connectivity index (χ4v) is 3.53. The average molecular weight is 483 g/mol. The maximum Gasteiger partial charge on any atom is 0.272 e. The van der Waals surface area contributed by atoms with Crippen molar-refractivity contribution in [1.29, 1.82) is 0 Å². The van der Waals surface area contributed by atoms with Crippen LogP contribution in [0.25, 0.3) is 0 Å². The SMILES string of the molecule is CC(NC(=O)c1ccc(=O)n(CCOc2ccccc2)n1)c1cccc(NC(=O)c2ccccc2)c1. The average Bonchev–Trinajstić information content (AvgIpc) is 2.91. The van der Waals surface area contributed by atoms with Gasteiger partial charge in [-0.1, -0.05) is 48.5 Å². The summed E-state index contributed by atoms with van der Waals surface area (Å²) >= 11 is 0. The molecule has 0 fully saturated rings. The lowest BCUT2D eigenvalue weighted by molar-refractivity contribution is 0.0931. The summed E-state index contributed by atoms with van der Waals surface area (Å²) in [5.41, 5.74) is 1.78. The Morgan fingerprint density at radius 1 is 0.889 bits per heavy atom. The smallest absolute Gasteiger partial charge is 0.272 e. The van der Waals surface area contributed by atoms with Crippen LogP contribution >= 0.6 is 0 Å². The molecule has 2 N–H and O–H groups in total. The minimum atomic E-state index is -0.418. The van der Waals surface area contributed by atoms with E-state index in [0.29, 0.717) is 17.0 Å². The summed E-state index contributed by atoms with van der Waals surface area (Å²) in [6.45, 7) is 2.27. The van der Waals surface area contributed by atoms with E-state index in [1.54, 1.807) is 36.4 Å². The van der Waals surface area contributed by atoms with Crippen molar-refractivity contribution in [2.24, 2.45) is 0 Å². The standard InChI is InChI=1S/C28H26N4O4/c1-20(22-11-8-12-23(19-22)30-27(34)21-9-4-2-5-10-21)29-28(35)25-15-16-26(33)32(31-25)17-18-36-24-13-6-3-7-14-24/h2-16,19-20H,17-18H2,1H3,(H,29,35)(H,30,34). The van der Waals surface area contributed by atoms with Gasteiger partial charge in [0.05, 0.1) is 12.6 Å². The number of benzene rings is 3. The Bertz CT molecular complexity index is 1390. The topological polar surface area (TPSA) is 102 Å². The number of carbonyl (C=O) groups is 2. The van der Waals surface area contributed by atoms with Crippen LogP contribution in [0.15, 0.2) is 102 Å². The first-order chi connectivity index (χ1) is 17.5. The van der Waals surface area contributed by atoms with Crippen LogP contribution in [0.4, 0.5) is 5.69 Å². The lowest BCUT2D eigenvalue weighted by atomic mass is 10.1.